The van der Waals surface area contributed by atoms with Crippen molar-refractivity contribution in [2.75, 3.05) is 11.9 Å². The summed E-state index contributed by atoms with van der Waals surface area (Å²) in [5.74, 6) is 0.724. The fourth-order valence-electron chi connectivity index (χ4n) is 2.15. The molecule has 2 atom stereocenters. The van der Waals surface area contributed by atoms with E-state index in [1.165, 1.54) is 12.1 Å². The highest BCUT2D eigenvalue weighted by Gasteiger charge is 2.18. The molecule has 2 nitrogen and oxygen atoms in total. The summed E-state index contributed by atoms with van der Waals surface area (Å²) in [7, 11) is 0. The standard InChI is InChI=1S/C14H22ClFN2/c1-9(2)6-10(3)14(8-17)18-13-7-11(16)4-5-12(13)15/h4-5,7,9-10,14,18H,6,8,17H2,1-3H3. The van der Waals surface area contributed by atoms with E-state index in [0.29, 0.717) is 29.1 Å². The molecule has 0 fully saturated rings. The number of halogens is 2. The third kappa shape index (κ3) is 4.46. The summed E-state index contributed by atoms with van der Waals surface area (Å²) in [5.41, 5.74) is 6.40. The second kappa shape index (κ2) is 6.95. The first kappa shape index (κ1) is 15.3. The number of benzene rings is 1. The van der Waals surface area contributed by atoms with Crippen molar-refractivity contribution in [1.29, 1.82) is 0 Å². The minimum absolute atomic E-state index is 0.103. The Labute approximate surface area is 114 Å². The van der Waals surface area contributed by atoms with E-state index in [1.807, 2.05) is 0 Å². The lowest BCUT2D eigenvalue weighted by molar-refractivity contribution is 0.391. The van der Waals surface area contributed by atoms with Crippen molar-refractivity contribution in [3.8, 4) is 0 Å². The third-order valence-electron chi connectivity index (χ3n) is 3.05. The van der Waals surface area contributed by atoms with E-state index in [-0.39, 0.29) is 11.9 Å². The van der Waals surface area contributed by atoms with Crippen LogP contribution in [0.5, 0.6) is 0 Å². The van der Waals surface area contributed by atoms with Gasteiger partial charge in [0.1, 0.15) is 5.82 Å². The Morgan fingerprint density at radius 3 is 2.56 bits per heavy atom. The van der Waals surface area contributed by atoms with Crippen LogP contribution < -0.4 is 11.1 Å². The molecule has 18 heavy (non-hydrogen) atoms. The molecule has 4 heteroatoms. The van der Waals surface area contributed by atoms with Crippen LogP contribution in [0.4, 0.5) is 10.1 Å². The summed E-state index contributed by atoms with van der Waals surface area (Å²) in [6.07, 6.45) is 1.07. The molecule has 3 N–H and O–H groups in total. The van der Waals surface area contributed by atoms with Gasteiger partial charge >= 0.3 is 0 Å². The molecule has 0 heterocycles. The molecule has 0 aliphatic carbocycles. The molecule has 0 saturated carbocycles. The fraction of sp³-hybridized carbons (Fsp3) is 0.571. The van der Waals surface area contributed by atoms with Crippen LogP contribution in [0.25, 0.3) is 0 Å². The lowest BCUT2D eigenvalue weighted by Crippen LogP contribution is -2.35. The molecule has 0 spiro atoms. The van der Waals surface area contributed by atoms with Crippen molar-refractivity contribution >= 4 is 17.3 Å². The smallest absolute Gasteiger partial charge is 0.125 e. The van der Waals surface area contributed by atoms with Crippen LogP contribution in [0.15, 0.2) is 18.2 Å². The summed E-state index contributed by atoms with van der Waals surface area (Å²) in [6, 6.07) is 4.42. The predicted octanol–water partition coefficient (Wildman–Crippen LogP) is 3.90. The van der Waals surface area contributed by atoms with Crippen LogP contribution in [0.2, 0.25) is 5.02 Å². The Morgan fingerprint density at radius 2 is 2.00 bits per heavy atom. The predicted molar refractivity (Wildman–Crippen MR) is 76.5 cm³/mol. The van der Waals surface area contributed by atoms with E-state index in [0.717, 1.165) is 6.42 Å². The van der Waals surface area contributed by atoms with Gasteiger partial charge in [0.25, 0.3) is 0 Å². The molecule has 0 radical (unpaired) electrons. The van der Waals surface area contributed by atoms with E-state index in [9.17, 15) is 4.39 Å². The number of nitrogens with two attached hydrogens (primary N) is 1. The number of hydrogen-bond acceptors (Lipinski definition) is 2. The monoisotopic (exact) mass is 272 g/mol. The fourth-order valence-corrected chi connectivity index (χ4v) is 2.32. The van der Waals surface area contributed by atoms with Gasteiger partial charge in [0.15, 0.2) is 0 Å². The summed E-state index contributed by atoms with van der Waals surface area (Å²) < 4.78 is 13.2. The van der Waals surface area contributed by atoms with Gasteiger partial charge in [-0.3, -0.25) is 0 Å². The first-order valence-electron chi connectivity index (χ1n) is 6.35. The van der Waals surface area contributed by atoms with Crippen LogP contribution in [-0.2, 0) is 0 Å². The van der Waals surface area contributed by atoms with Gasteiger partial charge in [-0.25, -0.2) is 4.39 Å². The Morgan fingerprint density at radius 1 is 1.33 bits per heavy atom. The van der Waals surface area contributed by atoms with Crippen LogP contribution in [0.1, 0.15) is 27.2 Å². The zero-order chi connectivity index (χ0) is 13.7. The van der Waals surface area contributed by atoms with Crippen LogP contribution in [0.3, 0.4) is 0 Å². The maximum Gasteiger partial charge on any atom is 0.125 e. The quantitative estimate of drug-likeness (QED) is 0.824. The molecule has 2 unspecified atom stereocenters. The van der Waals surface area contributed by atoms with Gasteiger partial charge < -0.3 is 11.1 Å². The summed E-state index contributed by atoms with van der Waals surface area (Å²) in [5, 5.41) is 3.77. The van der Waals surface area contributed by atoms with Crippen molar-refractivity contribution in [3.05, 3.63) is 29.0 Å². The molecule has 1 rings (SSSR count). The van der Waals surface area contributed by atoms with Gasteiger partial charge in [0.2, 0.25) is 0 Å². The highest BCUT2D eigenvalue weighted by molar-refractivity contribution is 6.33. The summed E-state index contributed by atoms with van der Waals surface area (Å²) in [4.78, 5) is 0. The second-order valence-corrected chi connectivity index (χ2v) is 5.62. The Hall–Kier alpha value is -0.800. The molecular formula is C14H22ClFN2. The Bertz CT molecular complexity index is 382. The molecule has 102 valence electrons. The average Bonchev–Trinajstić information content (AvgIpc) is 2.29. The summed E-state index contributed by atoms with van der Waals surface area (Å²) in [6.45, 7) is 7.01. The van der Waals surface area contributed by atoms with E-state index in [4.69, 9.17) is 17.3 Å². The highest BCUT2D eigenvalue weighted by Crippen LogP contribution is 2.25. The number of anilines is 1. The first-order valence-corrected chi connectivity index (χ1v) is 6.73. The first-order chi connectivity index (χ1) is 8.43. The van der Waals surface area contributed by atoms with Crippen molar-refractivity contribution in [3.63, 3.8) is 0 Å². The van der Waals surface area contributed by atoms with Gasteiger partial charge in [-0.2, -0.15) is 0 Å². The number of rotatable bonds is 6. The molecule has 0 bridgehead atoms. The SMILES string of the molecule is CC(C)CC(C)C(CN)Nc1cc(F)ccc1Cl. The highest BCUT2D eigenvalue weighted by atomic mass is 35.5. The van der Waals surface area contributed by atoms with Crippen LogP contribution >= 0.6 is 11.6 Å². The lowest BCUT2D eigenvalue weighted by Gasteiger charge is -2.26. The molecule has 0 saturated heterocycles. The van der Waals surface area contributed by atoms with Gasteiger partial charge in [0, 0.05) is 12.6 Å². The van der Waals surface area contributed by atoms with Gasteiger partial charge in [0.05, 0.1) is 10.7 Å². The van der Waals surface area contributed by atoms with Gasteiger partial charge in [-0.15, -0.1) is 0 Å². The van der Waals surface area contributed by atoms with Crippen molar-refractivity contribution in [2.45, 2.75) is 33.2 Å². The van der Waals surface area contributed by atoms with Crippen molar-refractivity contribution < 1.29 is 4.39 Å². The van der Waals surface area contributed by atoms with Crippen LogP contribution in [-0.4, -0.2) is 12.6 Å². The number of nitrogens with one attached hydrogen (secondary N) is 1. The maximum atomic E-state index is 13.2. The maximum absolute atomic E-state index is 13.2. The Kier molecular flexibility index (Phi) is 5.89. The Balaban J connectivity index is 2.76. The van der Waals surface area contributed by atoms with Crippen molar-refractivity contribution in [2.24, 2.45) is 17.6 Å². The van der Waals surface area contributed by atoms with Crippen molar-refractivity contribution in [1.82, 2.24) is 0 Å². The second-order valence-electron chi connectivity index (χ2n) is 5.22. The zero-order valence-electron chi connectivity index (χ0n) is 11.2. The van der Waals surface area contributed by atoms with E-state index in [2.05, 4.69) is 26.1 Å². The molecule has 0 aliphatic rings. The third-order valence-corrected chi connectivity index (χ3v) is 3.38. The zero-order valence-corrected chi connectivity index (χ0v) is 12.0. The molecular weight excluding hydrogens is 251 g/mol. The normalized spacial score (nSPS) is 14.6. The largest absolute Gasteiger partial charge is 0.379 e. The molecule has 0 aliphatic heterocycles. The minimum Gasteiger partial charge on any atom is -0.379 e. The van der Waals surface area contributed by atoms with Crippen LogP contribution in [0, 0.1) is 17.7 Å². The molecule has 0 amide bonds. The lowest BCUT2D eigenvalue weighted by atomic mass is 9.92. The van der Waals surface area contributed by atoms with Gasteiger partial charge in [-0.05, 0) is 36.5 Å². The van der Waals surface area contributed by atoms with E-state index in [1.54, 1.807) is 6.07 Å². The topological polar surface area (TPSA) is 38.0 Å². The summed E-state index contributed by atoms with van der Waals surface area (Å²) >= 11 is 6.04. The minimum atomic E-state index is -0.297. The molecule has 1 aromatic rings. The average molecular weight is 273 g/mol. The number of hydrogen-bond donors (Lipinski definition) is 2. The molecule has 0 aromatic heterocycles. The molecule has 1 aromatic carbocycles. The van der Waals surface area contributed by atoms with E-state index >= 15 is 0 Å². The van der Waals surface area contributed by atoms with Gasteiger partial charge in [-0.1, -0.05) is 32.4 Å². The van der Waals surface area contributed by atoms with E-state index < -0.39 is 0 Å².